The molecule has 3 rings (SSSR count). The van der Waals surface area contributed by atoms with Crippen LogP contribution in [0.15, 0.2) is 48.7 Å². The Morgan fingerprint density at radius 1 is 1.22 bits per heavy atom. The Kier molecular flexibility index (Phi) is 5.98. The highest BCUT2D eigenvalue weighted by Gasteiger charge is 2.16. The van der Waals surface area contributed by atoms with Gasteiger partial charge in [0, 0.05) is 17.8 Å². The summed E-state index contributed by atoms with van der Waals surface area (Å²) in [5, 5.41) is 12.9. The van der Waals surface area contributed by atoms with Gasteiger partial charge in [0.25, 0.3) is 0 Å². The van der Waals surface area contributed by atoms with Gasteiger partial charge in [0.1, 0.15) is 0 Å². The second-order valence-corrected chi connectivity index (χ2v) is 7.61. The van der Waals surface area contributed by atoms with Crippen LogP contribution < -0.4 is 5.32 Å². The molecule has 1 aromatic carbocycles. The lowest BCUT2D eigenvalue weighted by atomic mass is 10.0. The molecule has 27 heavy (non-hydrogen) atoms. The van der Waals surface area contributed by atoms with E-state index >= 15 is 0 Å². The quantitative estimate of drug-likeness (QED) is 0.548. The number of benzene rings is 1. The van der Waals surface area contributed by atoms with Crippen molar-refractivity contribution in [2.24, 2.45) is 5.92 Å². The summed E-state index contributed by atoms with van der Waals surface area (Å²) in [5.41, 5.74) is 2.40. The maximum atomic E-state index is 12.4. The van der Waals surface area contributed by atoms with Crippen molar-refractivity contribution in [1.29, 1.82) is 0 Å². The molecule has 2 unspecified atom stereocenters. The van der Waals surface area contributed by atoms with Gasteiger partial charge in [-0.05, 0) is 49.2 Å². The van der Waals surface area contributed by atoms with Crippen molar-refractivity contribution in [2.75, 3.05) is 5.32 Å². The summed E-state index contributed by atoms with van der Waals surface area (Å²) in [5.74, 6) is 0.676. The van der Waals surface area contributed by atoms with Crippen LogP contribution in [0.1, 0.15) is 48.5 Å². The number of ketones is 1. The summed E-state index contributed by atoms with van der Waals surface area (Å²) >= 11 is 1.46. The summed E-state index contributed by atoms with van der Waals surface area (Å²) in [4.78, 5) is 22.9. The van der Waals surface area contributed by atoms with E-state index in [1.54, 1.807) is 13.1 Å². The fourth-order valence-electron chi connectivity index (χ4n) is 2.60. The first-order chi connectivity index (χ1) is 13.0. The van der Waals surface area contributed by atoms with Gasteiger partial charge in [0.2, 0.25) is 5.95 Å². The molecule has 0 saturated carbocycles. The van der Waals surface area contributed by atoms with Gasteiger partial charge in [-0.25, -0.2) is 9.97 Å². The summed E-state index contributed by atoms with van der Waals surface area (Å²) in [7, 11) is 0. The molecule has 140 valence electrons. The van der Waals surface area contributed by atoms with E-state index in [-0.39, 0.29) is 11.7 Å². The topological polar surface area (TPSA) is 75.1 Å². The molecule has 3 aromatic rings. The largest absolute Gasteiger partial charge is 0.389 e. The molecular weight excluding hydrogens is 358 g/mol. The van der Waals surface area contributed by atoms with Crippen molar-refractivity contribution >= 4 is 28.8 Å². The molecule has 2 aromatic heterocycles. The van der Waals surface area contributed by atoms with E-state index < -0.39 is 6.10 Å². The molecular formula is C21H23N3O2S. The number of Topliss-reactive ketones (excluding diaryl/α,β-unsaturated/α-hetero) is 1. The standard InChI is InChI=1S/C21H23N3O2S/c1-4-13(2)20(26)19-9-8-18(27-19)17-10-11-22-21(24-17)23-16-7-5-6-15(12-16)14(3)25/h5-14,25H,4H2,1-3H3,(H,22,23,24). The van der Waals surface area contributed by atoms with Gasteiger partial charge in [0.15, 0.2) is 5.78 Å². The molecule has 0 fully saturated rings. The zero-order valence-corrected chi connectivity index (χ0v) is 16.5. The van der Waals surface area contributed by atoms with Gasteiger partial charge in [-0.1, -0.05) is 26.0 Å². The summed E-state index contributed by atoms with van der Waals surface area (Å²) in [6.07, 6.45) is 1.99. The second kappa shape index (κ2) is 8.41. The smallest absolute Gasteiger partial charge is 0.227 e. The van der Waals surface area contributed by atoms with Gasteiger partial charge in [-0.15, -0.1) is 11.3 Å². The molecule has 2 atom stereocenters. The average molecular weight is 382 g/mol. The number of carbonyl (C=O) groups excluding carboxylic acids is 1. The van der Waals surface area contributed by atoms with Gasteiger partial charge in [-0.3, -0.25) is 4.79 Å². The van der Waals surface area contributed by atoms with E-state index in [0.717, 1.165) is 33.1 Å². The van der Waals surface area contributed by atoms with Crippen molar-refractivity contribution < 1.29 is 9.90 Å². The summed E-state index contributed by atoms with van der Waals surface area (Å²) in [6.45, 7) is 5.70. The number of rotatable bonds is 7. The second-order valence-electron chi connectivity index (χ2n) is 6.53. The normalized spacial score (nSPS) is 13.2. The van der Waals surface area contributed by atoms with E-state index in [0.29, 0.717) is 5.95 Å². The number of aromatic nitrogens is 2. The molecule has 0 aliphatic heterocycles. The Bertz CT molecular complexity index is 936. The van der Waals surface area contributed by atoms with Crippen LogP contribution in [0.4, 0.5) is 11.6 Å². The number of thiophene rings is 1. The molecule has 0 aliphatic carbocycles. The lowest BCUT2D eigenvalue weighted by Gasteiger charge is -2.09. The number of nitrogens with one attached hydrogen (secondary N) is 1. The molecule has 2 N–H and O–H groups in total. The Morgan fingerprint density at radius 2 is 2.04 bits per heavy atom. The molecule has 6 heteroatoms. The minimum Gasteiger partial charge on any atom is -0.389 e. The van der Waals surface area contributed by atoms with Crippen LogP contribution in [0.2, 0.25) is 0 Å². The predicted octanol–water partition coefficient (Wildman–Crippen LogP) is 5.23. The minimum absolute atomic E-state index is 0.0281. The molecule has 0 amide bonds. The first kappa shape index (κ1) is 19.2. The minimum atomic E-state index is -0.536. The van der Waals surface area contributed by atoms with Crippen LogP contribution >= 0.6 is 11.3 Å². The fourth-order valence-corrected chi connectivity index (χ4v) is 3.63. The monoisotopic (exact) mass is 381 g/mol. The molecule has 2 heterocycles. The Balaban J connectivity index is 1.81. The number of hydrogen-bond acceptors (Lipinski definition) is 6. The van der Waals surface area contributed by atoms with Crippen LogP contribution in [0.3, 0.4) is 0 Å². The number of aliphatic hydroxyl groups excluding tert-OH is 1. The number of hydrogen-bond donors (Lipinski definition) is 2. The first-order valence-corrected chi connectivity index (χ1v) is 9.82. The predicted molar refractivity (Wildman–Crippen MR) is 109 cm³/mol. The number of aliphatic hydroxyl groups is 1. The fraction of sp³-hybridized carbons (Fsp3) is 0.286. The van der Waals surface area contributed by atoms with Crippen molar-refractivity contribution in [1.82, 2.24) is 9.97 Å². The number of nitrogens with zero attached hydrogens (tertiary/aromatic N) is 2. The maximum absolute atomic E-state index is 12.4. The van der Waals surface area contributed by atoms with Crippen LogP contribution in [-0.4, -0.2) is 20.9 Å². The molecule has 0 spiro atoms. The Morgan fingerprint density at radius 3 is 2.78 bits per heavy atom. The summed E-state index contributed by atoms with van der Waals surface area (Å²) in [6, 6.07) is 13.1. The van der Waals surface area contributed by atoms with E-state index in [1.165, 1.54) is 11.3 Å². The van der Waals surface area contributed by atoms with Crippen molar-refractivity contribution in [2.45, 2.75) is 33.3 Å². The van der Waals surface area contributed by atoms with Crippen LogP contribution in [0, 0.1) is 5.92 Å². The van der Waals surface area contributed by atoms with Crippen molar-refractivity contribution in [3.05, 3.63) is 59.1 Å². The van der Waals surface area contributed by atoms with E-state index in [4.69, 9.17) is 0 Å². The van der Waals surface area contributed by atoms with Gasteiger partial charge >= 0.3 is 0 Å². The van der Waals surface area contributed by atoms with Crippen molar-refractivity contribution in [3.8, 4) is 10.6 Å². The van der Waals surface area contributed by atoms with E-state index in [1.807, 2.05) is 56.3 Å². The van der Waals surface area contributed by atoms with Gasteiger partial charge < -0.3 is 10.4 Å². The maximum Gasteiger partial charge on any atom is 0.227 e. The van der Waals surface area contributed by atoms with E-state index in [2.05, 4.69) is 15.3 Å². The third kappa shape index (κ3) is 4.59. The summed E-state index contributed by atoms with van der Waals surface area (Å²) < 4.78 is 0. The molecule has 0 bridgehead atoms. The van der Waals surface area contributed by atoms with Crippen LogP contribution in [-0.2, 0) is 0 Å². The highest BCUT2D eigenvalue weighted by Crippen LogP contribution is 2.29. The Labute approximate surface area is 163 Å². The Hall–Kier alpha value is -2.57. The van der Waals surface area contributed by atoms with Gasteiger partial charge in [0.05, 0.1) is 21.6 Å². The lowest BCUT2D eigenvalue weighted by Crippen LogP contribution is -2.07. The van der Waals surface area contributed by atoms with Gasteiger partial charge in [-0.2, -0.15) is 0 Å². The molecule has 0 aliphatic rings. The highest BCUT2D eigenvalue weighted by atomic mass is 32.1. The zero-order chi connectivity index (χ0) is 19.4. The zero-order valence-electron chi connectivity index (χ0n) is 15.6. The average Bonchev–Trinajstić information content (AvgIpc) is 3.17. The third-order valence-electron chi connectivity index (χ3n) is 4.44. The molecule has 0 radical (unpaired) electrons. The van der Waals surface area contributed by atoms with Crippen LogP contribution in [0.25, 0.3) is 10.6 Å². The molecule has 0 saturated heterocycles. The lowest BCUT2D eigenvalue weighted by molar-refractivity contribution is 0.0931. The number of anilines is 2. The first-order valence-electron chi connectivity index (χ1n) is 9.00. The van der Waals surface area contributed by atoms with E-state index in [9.17, 15) is 9.90 Å². The SMILES string of the molecule is CCC(C)C(=O)c1ccc(-c2ccnc(Nc3cccc(C(C)O)c3)n2)s1. The molecule has 5 nitrogen and oxygen atoms in total. The highest BCUT2D eigenvalue weighted by molar-refractivity contribution is 7.17. The third-order valence-corrected chi connectivity index (χ3v) is 5.56. The van der Waals surface area contributed by atoms with Crippen molar-refractivity contribution in [3.63, 3.8) is 0 Å². The number of carbonyl (C=O) groups is 1. The van der Waals surface area contributed by atoms with Crippen LogP contribution in [0.5, 0.6) is 0 Å².